The van der Waals surface area contributed by atoms with Gasteiger partial charge in [-0.1, -0.05) is 30.7 Å². The lowest BCUT2D eigenvalue weighted by molar-refractivity contribution is -0.0771. The molecule has 0 radical (unpaired) electrons. The van der Waals surface area contributed by atoms with Crippen LogP contribution in [0, 0.1) is 5.41 Å². The molecule has 3 aliphatic carbocycles. The molecule has 5 aliphatic rings. The van der Waals surface area contributed by atoms with Crippen LogP contribution in [0.1, 0.15) is 86.0 Å². The predicted molar refractivity (Wildman–Crippen MR) is 132 cm³/mol. The normalized spacial score (nSPS) is 23.8. The Morgan fingerprint density at radius 3 is 2.42 bits per heavy atom. The van der Waals surface area contributed by atoms with Crippen molar-refractivity contribution in [2.24, 2.45) is 5.41 Å². The second kappa shape index (κ2) is 7.63. The van der Waals surface area contributed by atoms with Crippen LogP contribution in [0.2, 0.25) is 0 Å². The average Bonchev–Trinajstić information content (AvgIpc) is 3.30. The molecule has 2 aliphatic heterocycles. The van der Waals surface area contributed by atoms with Crippen molar-refractivity contribution >= 4 is 6.03 Å². The van der Waals surface area contributed by atoms with E-state index < -0.39 is 0 Å². The standard InChI is InChI=1S/C27H32N8O/c36-26(34-14-27(15-34)10-22(11-27)35-16-28-23(32-35)19-8-9-19)33-12-21(13-33)17-4-6-20(7-5-17)25-29-24(30-31-25)18-2-1-3-18/h4-7,16,18-19,21-22H,1-3,8-15H2,(H,29,30,31). The summed E-state index contributed by atoms with van der Waals surface area (Å²) in [4.78, 5) is 26.2. The molecule has 2 aromatic heterocycles. The minimum Gasteiger partial charge on any atom is -0.323 e. The zero-order valence-electron chi connectivity index (χ0n) is 20.5. The molecule has 2 amide bonds. The zero-order valence-corrected chi connectivity index (χ0v) is 20.5. The second-order valence-corrected chi connectivity index (χ2v) is 12.0. The van der Waals surface area contributed by atoms with Crippen LogP contribution >= 0.6 is 0 Å². The van der Waals surface area contributed by atoms with Gasteiger partial charge in [-0.3, -0.25) is 5.10 Å². The van der Waals surface area contributed by atoms with E-state index in [9.17, 15) is 4.79 Å². The van der Waals surface area contributed by atoms with Gasteiger partial charge in [-0.15, -0.1) is 0 Å². The number of carbonyl (C=O) groups is 1. The smallest absolute Gasteiger partial charge is 0.320 e. The minimum atomic E-state index is 0.206. The molecule has 1 spiro atoms. The highest BCUT2D eigenvalue weighted by atomic mass is 16.2. The lowest BCUT2D eigenvalue weighted by atomic mass is 9.61. The number of hydrogen-bond acceptors (Lipinski definition) is 5. The Kier molecular flexibility index (Phi) is 4.43. The van der Waals surface area contributed by atoms with Gasteiger partial charge in [0.1, 0.15) is 12.2 Å². The number of urea groups is 1. The van der Waals surface area contributed by atoms with Crippen LogP contribution in [0.5, 0.6) is 0 Å². The highest BCUT2D eigenvalue weighted by Crippen LogP contribution is 2.54. The van der Waals surface area contributed by atoms with Gasteiger partial charge in [0.15, 0.2) is 11.6 Å². The largest absolute Gasteiger partial charge is 0.323 e. The number of likely N-dealkylation sites (tertiary alicyclic amines) is 2. The third-order valence-corrected chi connectivity index (χ3v) is 9.29. The van der Waals surface area contributed by atoms with Gasteiger partial charge in [0.2, 0.25) is 0 Å². The molecular weight excluding hydrogens is 452 g/mol. The fourth-order valence-corrected chi connectivity index (χ4v) is 6.49. The summed E-state index contributed by atoms with van der Waals surface area (Å²) in [6, 6.07) is 9.24. The fraction of sp³-hybridized carbons (Fsp3) is 0.593. The molecule has 186 valence electrons. The number of H-pyrrole nitrogens is 1. The second-order valence-electron chi connectivity index (χ2n) is 12.0. The maximum absolute atomic E-state index is 13.0. The number of nitrogens with zero attached hydrogens (tertiary/aromatic N) is 7. The van der Waals surface area contributed by atoms with Crippen LogP contribution < -0.4 is 0 Å². The van der Waals surface area contributed by atoms with E-state index in [4.69, 9.17) is 10.1 Å². The van der Waals surface area contributed by atoms with Gasteiger partial charge in [0, 0.05) is 54.9 Å². The molecule has 9 heteroatoms. The lowest BCUT2D eigenvalue weighted by Crippen LogP contribution is -2.67. The molecule has 3 saturated carbocycles. The summed E-state index contributed by atoms with van der Waals surface area (Å²) in [5.74, 6) is 4.42. The van der Waals surface area contributed by atoms with Gasteiger partial charge >= 0.3 is 6.03 Å². The van der Waals surface area contributed by atoms with Gasteiger partial charge in [-0.05, 0) is 44.1 Å². The van der Waals surface area contributed by atoms with Gasteiger partial charge < -0.3 is 9.80 Å². The van der Waals surface area contributed by atoms with Gasteiger partial charge in [-0.2, -0.15) is 10.2 Å². The maximum atomic E-state index is 13.0. The molecule has 1 aromatic carbocycles. The van der Waals surface area contributed by atoms with Crippen molar-refractivity contribution in [3.8, 4) is 11.4 Å². The van der Waals surface area contributed by atoms with E-state index in [-0.39, 0.29) is 6.03 Å². The van der Waals surface area contributed by atoms with E-state index in [1.807, 2.05) is 16.1 Å². The Labute approximate surface area is 210 Å². The van der Waals surface area contributed by atoms with Crippen molar-refractivity contribution in [1.82, 2.24) is 39.7 Å². The first-order valence-electron chi connectivity index (χ1n) is 13.6. The molecule has 9 nitrogen and oxygen atoms in total. The van der Waals surface area contributed by atoms with Crippen LogP contribution in [0.25, 0.3) is 11.4 Å². The summed E-state index contributed by atoms with van der Waals surface area (Å²) >= 11 is 0. The van der Waals surface area contributed by atoms with Crippen molar-refractivity contribution in [2.75, 3.05) is 26.2 Å². The summed E-state index contributed by atoms with van der Waals surface area (Å²) in [5.41, 5.74) is 2.65. The molecule has 0 unspecified atom stereocenters. The first-order chi connectivity index (χ1) is 17.6. The SMILES string of the molecule is O=C(N1CC(c2ccc(-c3n[nH]c(C4CCC4)n3)cc2)C1)N1CC2(CC(n3cnc(C4CC4)n3)C2)C1. The number of benzene rings is 1. The molecule has 0 atom stereocenters. The monoisotopic (exact) mass is 484 g/mol. The summed E-state index contributed by atoms with van der Waals surface area (Å²) in [7, 11) is 0. The summed E-state index contributed by atoms with van der Waals surface area (Å²) in [6.07, 6.45) is 10.3. The molecule has 8 rings (SSSR count). The zero-order chi connectivity index (χ0) is 23.9. The summed E-state index contributed by atoms with van der Waals surface area (Å²) < 4.78 is 2.07. The van der Waals surface area contributed by atoms with E-state index in [0.717, 1.165) is 62.1 Å². The van der Waals surface area contributed by atoms with Crippen molar-refractivity contribution in [1.29, 1.82) is 0 Å². The van der Waals surface area contributed by atoms with E-state index in [1.165, 1.54) is 37.7 Å². The minimum absolute atomic E-state index is 0.206. The van der Waals surface area contributed by atoms with Crippen molar-refractivity contribution in [3.63, 3.8) is 0 Å². The van der Waals surface area contributed by atoms with E-state index >= 15 is 0 Å². The Bertz CT molecular complexity index is 1280. The number of aromatic nitrogens is 6. The van der Waals surface area contributed by atoms with Gasteiger partial charge in [0.25, 0.3) is 0 Å². The molecule has 2 saturated heterocycles. The highest BCUT2D eigenvalue weighted by molar-refractivity contribution is 5.77. The van der Waals surface area contributed by atoms with Crippen molar-refractivity contribution < 1.29 is 4.79 Å². The first-order valence-corrected chi connectivity index (χ1v) is 13.6. The fourth-order valence-electron chi connectivity index (χ4n) is 6.49. The molecular formula is C27H32N8O. The molecule has 4 heterocycles. The Hall–Kier alpha value is -3.23. The predicted octanol–water partition coefficient (Wildman–Crippen LogP) is 4.06. The summed E-state index contributed by atoms with van der Waals surface area (Å²) in [6.45, 7) is 3.39. The molecule has 3 aromatic rings. The number of amides is 2. The number of aromatic amines is 1. The van der Waals surface area contributed by atoms with Crippen molar-refractivity contribution in [2.45, 2.75) is 68.7 Å². The number of carbonyl (C=O) groups excluding carboxylic acids is 1. The maximum Gasteiger partial charge on any atom is 0.320 e. The third-order valence-electron chi connectivity index (χ3n) is 9.29. The summed E-state index contributed by atoms with van der Waals surface area (Å²) in [5, 5.41) is 12.2. The molecule has 5 fully saturated rings. The van der Waals surface area contributed by atoms with E-state index in [1.54, 1.807) is 0 Å². The van der Waals surface area contributed by atoms with Crippen LogP contribution in [0.4, 0.5) is 4.79 Å². The topological polar surface area (TPSA) is 95.8 Å². The average molecular weight is 485 g/mol. The number of rotatable bonds is 5. The van der Waals surface area contributed by atoms with Crippen molar-refractivity contribution in [3.05, 3.63) is 47.8 Å². The number of nitrogens with one attached hydrogen (secondary N) is 1. The van der Waals surface area contributed by atoms with Crippen LogP contribution in [-0.4, -0.2) is 72.0 Å². The van der Waals surface area contributed by atoms with E-state index in [0.29, 0.717) is 29.2 Å². The van der Waals surface area contributed by atoms with Crippen LogP contribution in [0.3, 0.4) is 0 Å². The van der Waals surface area contributed by atoms with Crippen LogP contribution in [-0.2, 0) is 0 Å². The Morgan fingerprint density at radius 2 is 1.72 bits per heavy atom. The highest BCUT2D eigenvalue weighted by Gasteiger charge is 2.55. The molecule has 0 bridgehead atoms. The quantitative estimate of drug-likeness (QED) is 0.589. The first kappa shape index (κ1) is 20.9. The lowest BCUT2D eigenvalue weighted by Gasteiger charge is -2.60. The number of hydrogen-bond donors (Lipinski definition) is 1. The van der Waals surface area contributed by atoms with E-state index in [2.05, 4.69) is 44.1 Å². The molecule has 36 heavy (non-hydrogen) atoms. The Balaban J connectivity index is 0.818. The molecule has 1 N–H and O–H groups in total. The van der Waals surface area contributed by atoms with Gasteiger partial charge in [0.05, 0.1) is 6.04 Å². The third kappa shape index (κ3) is 3.38. The van der Waals surface area contributed by atoms with Crippen LogP contribution in [0.15, 0.2) is 30.6 Å². The van der Waals surface area contributed by atoms with Gasteiger partial charge in [-0.25, -0.2) is 19.4 Å². The Morgan fingerprint density at radius 1 is 0.944 bits per heavy atom.